The Morgan fingerprint density at radius 1 is 0.636 bits per heavy atom. The summed E-state index contributed by atoms with van der Waals surface area (Å²) < 4.78 is 1.58. The van der Waals surface area contributed by atoms with E-state index >= 15 is 0 Å². The van der Waals surface area contributed by atoms with E-state index in [1.807, 2.05) is 60.7 Å². The van der Waals surface area contributed by atoms with E-state index in [4.69, 9.17) is 0 Å². The molecule has 0 aromatic heterocycles. The molecule has 0 aliphatic rings. The summed E-state index contributed by atoms with van der Waals surface area (Å²) in [6, 6.07) is 19.6. The molecule has 0 unspecified atom stereocenters. The van der Waals surface area contributed by atoms with Crippen molar-refractivity contribution < 1.29 is 9.48 Å². The quantitative estimate of drug-likeness (QED) is 0.341. The molecule has 0 saturated heterocycles. The van der Waals surface area contributed by atoms with E-state index in [-0.39, 0.29) is 0 Å². The van der Waals surface area contributed by atoms with Crippen LogP contribution in [0.25, 0.3) is 0 Å². The number of hydrogen-bond acceptors (Lipinski definition) is 2. The smallest absolute Gasteiger partial charge is 0.239 e. The van der Waals surface area contributed by atoms with E-state index < -0.39 is 0 Å². The summed E-state index contributed by atoms with van der Waals surface area (Å²) in [5, 5.41) is 23.3. The van der Waals surface area contributed by atoms with Crippen molar-refractivity contribution in [1.29, 1.82) is 0 Å². The van der Waals surface area contributed by atoms with Crippen molar-refractivity contribution in [3.8, 4) is 0 Å². The van der Waals surface area contributed by atoms with E-state index in [2.05, 4.69) is 0 Å². The SMILES string of the molecule is [O-]/[N+](=C\C=[N+](/[O-])CCc1ccccc1)CCc1ccccc1. The maximum Gasteiger partial charge on any atom is 0.239 e. The van der Waals surface area contributed by atoms with Crippen LogP contribution < -0.4 is 0 Å². The van der Waals surface area contributed by atoms with Crippen molar-refractivity contribution in [2.24, 2.45) is 0 Å². The van der Waals surface area contributed by atoms with Crippen LogP contribution in [0.15, 0.2) is 60.7 Å². The summed E-state index contributed by atoms with van der Waals surface area (Å²) in [5.74, 6) is 0. The van der Waals surface area contributed by atoms with Crippen LogP contribution in [0.2, 0.25) is 0 Å². The Balaban J connectivity index is 1.78. The Labute approximate surface area is 130 Å². The maximum absolute atomic E-state index is 11.7. The van der Waals surface area contributed by atoms with Crippen LogP contribution in [0, 0.1) is 10.4 Å². The van der Waals surface area contributed by atoms with Crippen LogP contribution >= 0.6 is 0 Å². The van der Waals surface area contributed by atoms with Gasteiger partial charge in [-0.05, 0) is 11.1 Å². The molecule has 0 atom stereocenters. The number of benzene rings is 2. The van der Waals surface area contributed by atoms with Crippen LogP contribution in [0.1, 0.15) is 11.1 Å². The third-order valence-electron chi connectivity index (χ3n) is 3.33. The van der Waals surface area contributed by atoms with Gasteiger partial charge in [-0.2, -0.15) is 0 Å². The summed E-state index contributed by atoms with van der Waals surface area (Å²) in [5.41, 5.74) is 2.22. The lowest BCUT2D eigenvalue weighted by Gasteiger charge is -2.04. The highest BCUT2D eigenvalue weighted by molar-refractivity contribution is 6.11. The molecular weight excluding hydrogens is 276 g/mol. The maximum atomic E-state index is 11.7. The second kappa shape index (κ2) is 8.62. The van der Waals surface area contributed by atoms with Gasteiger partial charge >= 0.3 is 0 Å². The van der Waals surface area contributed by atoms with Gasteiger partial charge in [0.2, 0.25) is 12.4 Å². The fraction of sp³-hybridized carbons (Fsp3) is 0.222. The molecule has 0 aliphatic heterocycles. The fourth-order valence-electron chi connectivity index (χ4n) is 2.07. The highest BCUT2D eigenvalue weighted by atomic mass is 16.5. The minimum Gasteiger partial charge on any atom is -0.624 e. The number of nitrogens with zero attached hydrogens (tertiary/aromatic N) is 2. The first-order chi connectivity index (χ1) is 10.7. The van der Waals surface area contributed by atoms with Crippen LogP contribution in [-0.4, -0.2) is 35.0 Å². The lowest BCUT2D eigenvalue weighted by Crippen LogP contribution is -2.15. The molecule has 22 heavy (non-hydrogen) atoms. The third-order valence-corrected chi connectivity index (χ3v) is 3.33. The Morgan fingerprint density at radius 2 is 1.00 bits per heavy atom. The van der Waals surface area contributed by atoms with Gasteiger partial charge in [0.25, 0.3) is 0 Å². The molecule has 114 valence electrons. The molecule has 0 spiro atoms. The Morgan fingerprint density at radius 3 is 1.36 bits per heavy atom. The van der Waals surface area contributed by atoms with Crippen LogP contribution in [0.4, 0.5) is 0 Å². The minimum absolute atomic E-state index is 0.340. The predicted octanol–water partition coefficient (Wildman–Crippen LogP) is 2.63. The van der Waals surface area contributed by atoms with Gasteiger partial charge in [-0.15, -0.1) is 0 Å². The van der Waals surface area contributed by atoms with Gasteiger partial charge in [0.1, 0.15) is 0 Å². The number of hydrogen-bond donors (Lipinski definition) is 0. The number of rotatable bonds is 7. The van der Waals surface area contributed by atoms with Gasteiger partial charge in [0.05, 0.1) is 0 Å². The standard InChI is InChI=1S/C18H20N2O2/c21-19(13-11-17-7-3-1-4-8-17)15-16-20(22)14-12-18-9-5-2-6-10-18/h1-10,15-16H,11-14H2/b19-15-,20-16-. The lowest BCUT2D eigenvalue weighted by atomic mass is 10.1. The van der Waals surface area contributed by atoms with Gasteiger partial charge in [0.15, 0.2) is 13.1 Å². The largest absolute Gasteiger partial charge is 0.624 e. The van der Waals surface area contributed by atoms with Gasteiger partial charge < -0.3 is 10.4 Å². The Kier molecular flexibility index (Phi) is 6.18. The molecule has 0 aliphatic carbocycles. The van der Waals surface area contributed by atoms with E-state index in [9.17, 15) is 10.4 Å². The third kappa shape index (κ3) is 5.79. The molecule has 0 fully saturated rings. The first kappa shape index (κ1) is 15.8. The topological polar surface area (TPSA) is 52.1 Å². The second-order valence-electron chi connectivity index (χ2n) is 5.05. The zero-order chi connectivity index (χ0) is 15.6. The summed E-state index contributed by atoms with van der Waals surface area (Å²) in [6.45, 7) is 0.681. The summed E-state index contributed by atoms with van der Waals surface area (Å²) >= 11 is 0. The van der Waals surface area contributed by atoms with Crippen molar-refractivity contribution >= 4 is 12.4 Å². The van der Waals surface area contributed by atoms with E-state index in [1.54, 1.807) is 0 Å². The molecular formula is C18H20N2O2. The van der Waals surface area contributed by atoms with Crippen molar-refractivity contribution in [3.05, 3.63) is 82.2 Å². The normalized spacial score (nSPS) is 12.4. The van der Waals surface area contributed by atoms with Crippen LogP contribution in [-0.2, 0) is 12.8 Å². The van der Waals surface area contributed by atoms with Crippen molar-refractivity contribution in [2.45, 2.75) is 12.8 Å². The molecule has 2 rings (SSSR count). The predicted molar refractivity (Wildman–Crippen MR) is 89.4 cm³/mol. The van der Waals surface area contributed by atoms with E-state index in [0.717, 1.165) is 20.6 Å². The monoisotopic (exact) mass is 296 g/mol. The lowest BCUT2D eigenvalue weighted by molar-refractivity contribution is -0.464. The molecule has 2 aromatic rings. The van der Waals surface area contributed by atoms with Crippen molar-refractivity contribution in [2.75, 3.05) is 13.1 Å². The molecule has 2 aromatic carbocycles. The molecule has 4 heteroatoms. The van der Waals surface area contributed by atoms with Crippen LogP contribution in [0.5, 0.6) is 0 Å². The van der Waals surface area contributed by atoms with Crippen LogP contribution in [0.3, 0.4) is 0 Å². The molecule has 0 N–H and O–H groups in total. The zero-order valence-electron chi connectivity index (χ0n) is 12.5. The molecule has 0 radical (unpaired) electrons. The molecule has 0 saturated carbocycles. The minimum atomic E-state index is 0.340. The average Bonchev–Trinajstić information content (AvgIpc) is 2.58. The second-order valence-corrected chi connectivity index (χ2v) is 5.05. The first-order valence-electron chi connectivity index (χ1n) is 7.38. The van der Waals surface area contributed by atoms with Gasteiger partial charge in [0, 0.05) is 12.8 Å². The van der Waals surface area contributed by atoms with Crippen molar-refractivity contribution in [3.63, 3.8) is 0 Å². The van der Waals surface area contributed by atoms with Gasteiger partial charge in [-0.3, -0.25) is 0 Å². The summed E-state index contributed by atoms with van der Waals surface area (Å²) in [6.07, 6.45) is 3.91. The average molecular weight is 296 g/mol. The Bertz CT molecular complexity index is 565. The molecule has 0 bridgehead atoms. The highest BCUT2D eigenvalue weighted by Gasteiger charge is 1.99. The molecule has 0 heterocycles. The molecule has 0 amide bonds. The Hall–Kier alpha value is -2.62. The summed E-state index contributed by atoms with van der Waals surface area (Å²) in [7, 11) is 0. The van der Waals surface area contributed by atoms with Crippen molar-refractivity contribution in [1.82, 2.24) is 0 Å². The molecule has 4 nitrogen and oxygen atoms in total. The van der Waals surface area contributed by atoms with Gasteiger partial charge in [-0.1, -0.05) is 60.7 Å². The van der Waals surface area contributed by atoms with E-state index in [0.29, 0.717) is 25.9 Å². The summed E-state index contributed by atoms with van der Waals surface area (Å²) in [4.78, 5) is 0. The van der Waals surface area contributed by atoms with E-state index in [1.165, 1.54) is 12.4 Å². The zero-order valence-corrected chi connectivity index (χ0v) is 12.5. The number of hydroxylamine groups is 2. The van der Waals surface area contributed by atoms with Gasteiger partial charge in [-0.25, -0.2) is 9.48 Å². The first-order valence-corrected chi connectivity index (χ1v) is 7.38. The fourth-order valence-corrected chi connectivity index (χ4v) is 2.07. The highest BCUT2D eigenvalue weighted by Crippen LogP contribution is 1.99.